The molecule has 4 nitrogen and oxygen atoms in total. The van der Waals surface area contributed by atoms with Crippen LogP contribution in [-0.4, -0.2) is 27.9 Å². The Labute approximate surface area is 165 Å². The van der Waals surface area contributed by atoms with Crippen LogP contribution in [0.4, 0.5) is 13.2 Å². The second kappa shape index (κ2) is 6.85. The van der Waals surface area contributed by atoms with E-state index in [4.69, 9.17) is 11.6 Å². The van der Waals surface area contributed by atoms with Gasteiger partial charge in [0.05, 0.1) is 16.8 Å². The van der Waals surface area contributed by atoms with Gasteiger partial charge < -0.3 is 9.47 Å². The van der Waals surface area contributed by atoms with E-state index in [2.05, 4.69) is 11.1 Å². The fraction of sp³-hybridized carbons (Fsp3) is 0.400. The Kier molecular flexibility index (Phi) is 4.62. The van der Waals surface area contributed by atoms with Gasteiger partial charge in [0.1, 0.15) is 12.1 Å². The summed E-state index contributed by atoms with van der Waals surface area (Å²) in [7, 11) is 0. The largest absolute Gasteiger partial charge is 0.408 e. The highest BCUT2D eigenvalue weighted by atomic mass is 35.5. The minimum atomic E-state index is -4.42. The van der Waals surface area contributed by atoms with Crippen molar-refractivity contribution in [2.24, 2.45) is 4.99 Å². The molecule has 1 saturated carbocycles. The van der Waals surface area contributed by atoms with Crippen LogP contribution in [0, 0.1) is 11.3 Å². The summed E-state index contributed by atoms with van der Waals surface area (Å²) in [6.07, 6.45) is 1.92. The highest BCUT2D eigenvalue weighted by Crippen LogP contribution is 2.44. The summed E-state index contributed by atoms with van der Waals surface area (Å²) in [5.41, 5.74) is 1.65. The maximum absolute atomic E-state index is 13.5. The molecule has 0 radical (unpaired) electrons. The number of nitriles is 1. The van der Waals surface area contributed by atoms with Crippen molar-refractivity contribution < 1.29 is 13.2 Å². The third-order valence-electron chi connectivity index (χ3n) is 5.57. The number of halogens is 4. The smallest absolute Gasteiger partial charge is 0.339 e. The molecule has 28 heavy (non-hydrogen) atoms. The second-order valence-electron chi connectivity index (χ2n) is 7.17. The highest BCUT2D eigenvalue weighted by Gasteiger charge is 2.44. The minimum absolute atomic E-state index is 0.143. The Bertz CT molecular complexity index is 1010. The van der Waals surface area contributed by atoms with Crippen LogP contribution in [0.1, 0.15) is 49.7 Å². The zero-order valence-corrected chi connectivity index (χ0v) is 15.9. The molecular weight excluding hydrogens is 389 g/mol. The molecule has 1 aromatic carbocycles. The topological polar surface area (TPSA) is 44.3 Å². The molecule has 1 aliphatic carbocycles. The van der Waals surface area contributed by atoms with Crippen LogP contribution in [-0.2, 0) is 0 Å². The van der Waals surface area contributed by atoms with Gasteiger partial charge in [-0.25, -0.2) is 0 Å². The van der Waals surface area contributed by atoms with Crippen LogP contribution in [0.15, 0.2) is 35.5 Å². The Morgan fingerprint density at radius 3 is 2.68 bits per heavy atom. The van der Waals surface area contributed by atoms with Crippen LogP contribution in [0.3, 0.4) is 0 Å². The van der Waals surface area contributed by atoms with Crippen LogP contribution < -0.4 is 0 Å². The minimum Gasteiger partial charge on any atom is -0.339 e. The van der Waals surface area contributed by atoms with Gasteiger partial charge in [0.15, 0.2) is 6.17 Å². The molecule has 2 aromatic rings. The molecule has 0 bridgehead atoms. The van der Waals surface area contributed by atoms with Crippen LogP contribution >= 0.6 is 11.6 Å². The Balaban J connectivity index is 1.95. The maximum Gasteiger partial charge on any atom is 0.408 e. The molecule has 1 aromatic heterocycles. The van der Waals surface area contributed by atoms with Crippen molar-refractivity contribution in [1.82, 2.24) is 9.47 Å². The molecule has 2 aliphatic rings. The molecule has 0 amide bonds. The fourth-order valence-electron chi connectivity index (χ4n) is 3.87. The highest BCUT2D eigenvalue weighted by molar-refractivity contribution is 6.31. The summed E-state index contributed by atoms with van der Waals surface area (Å²) < 4.78 is 42.5. The van der Waals surface area contributed by atoms with Crippen molar-refractivity contribution in [2.75, 3.05) is 0 Å². The molecule has 1 unspecified atom stereocenters. The first kappa shape index (κ1) is 18.9. The normalized spacial score (nSPS) is 21.0. The molecule has 2 atom stereocenters. The van der Waals surface area contributed by atoms with E-state index in [0.29, 0.717) is 21.7 Å². The number of rotatable bonds is 3. The average Bonchev–Trinajstić information content (AvgIpc) is 2.92. The van der Waals surface area contributed by atoms with Gasteiger partial charge in [0.2, 0.25) is 0 Å². The molecule has 4 rings (SSSR count). The van der Waals surface area contributed by atoms with Crippen molar-refractivity contribution in [2.45, 2.75) is 50.6 Å². The van der Waals surface area contributed by atoms with Crippen LogP contribution in [0.2, 0.25) is 5.02 Å². The van der Waals surface area contributed by atoms with Gasteiger partial charge in [-0.15, -0.1) is 0 Å². The first-order valence-corrected chi connectivity index (χ1v) is 9.48. The van der Waals surface area contributed by atoms with Crippen molar-refractivity contribution in [3.8, 4) is 6.07 Å². The van der Waals surface area contributed by atoms with Gasteiger partial charge >= 0.3 is 6.18 Å². The summed E-state index contributed by atoms with van der Waals surface area (Å²) in [5, 5.41) is 11.0. The third-order valence-corrected chi connectivity index (χ3v) is 5.81. The van der Waals surface area contributed by atoms with E-state index >= 15 is 0 Å². The standard InChI is InChI=1S/C20H18ClF3N4/c1-12(20(22,23)24)27-9-3-8-26-19(27)18-16(11-25)15-10-13(21)6-7-17(15)28(18)14-4-2-5-14/h3,6-10,12,14,19H,2,4-5H2,1H3/t12-,19?/m0/s1. The molecule has 146 valence electrons. The van der Waals surface area contributed by atoms with E-state index in [1.165, 1.54) is 23.4 Å². The molecule has 0 spiro atoms. The predicted molar refractivity (Wildman–Crippen MR) is 102 cm³/mol. The van der Waals surface area contributed by atoms with Crippen molar-refractivity contribution >= 4 is 28.7 Å². The van der Waals surface area contributed by atoms with E-state index in [1.54, 1.807) is 12.1 Å². The zero-order valence-electron chi connectivity index (χ0n) is 15.1. The maximum atomic E-state index is 13.5. The van der Waals surface area contributed by atoms with E-state index in [0.717, 1.165) is 31.7 Å². The lowest BCUT2D eigenvalue weighted by molar-refractivity contribution is -0.177. The van der Waals surface area contributed by atoms with E-state index in [1.807, 2.05) is 10.6 Å². The SMILES string of the molecule is C[C@H](N1C=CC=NC1c1c(C#N)c2cc(Cl)ccc2n1C1CCC1)C(F)(F)F. The number of hydrogen-bond donors (Lipinski definition) is 0. The Hall–Kier alpha value is -2.46. The summed E-state index contributed by atoms with van der Waals surface area (Å²) in [5.74, 6) is 0. The van der Waals surface area contributed by atoms with Gasteiger partial charge in [-0.05, 0) is 50.5 Å². The zero-order chi connectivity index (χ0) is 20.1. The lowest BCUT2D eigenvalue weighted by Crippen LogP contribution is -2.43. The van der Waals surface area contributed by atoms with Crippen molar-refractivity contribution in [3.63, 3.8) is 0 Å². The van der Waals surface area contributed by atoms with Gasteiger partial charge in [-0.3, -0.25) is 4.99 Å². The number of aliphatic imine (C=N–C) groups is 1. The summed E-state index contributed by atoms with van der Waals surface area (Å²) >= 11 is 6.14. The average molecular weight is 407 g/mol. The quantitative estimate of drug-likeness (QED) is 0.652. The summed E-state index contributed by atoms with van der Waals surface area (Å²) in [6.45, 7) is 1.11. The summed E-state index contributed by atoms with van der Waals surface area (Å²) in [4.78, 5) is 5.53. The molecule has 1 fully saturated rings. The summed E-state index contributed by atoms with van der Waals surface area (Å²) in [6, 6.07) is 5.88. The van der Waals surface area contributed by atoms with Crippen LogP contribution in [0.25, 0.3) is 10.9 Å². The number of fused-ring (bicyclic) bond motifs is 1. The number of allylic oxidation sites excluding steroid dienone is 1. The van der Waals surface area contributed by atoms with E-state index in [9.17, 15) is 18.4 Å². The Morgan fingerprint density at radius 2 is 2.07 bits per heavy atom. The number of nitrogens with zero attached hydrogens (tertiary/aromatic N) is 4. The fourth-order valence-corrected chi connectivity index (χ4v) is 4.04. The van der Waals surface area contributed by atoms with Gasteiger partial charge in [0.25, 0.3) is 0 Å². The van der Waals surface area contributed by atoms with Crippen molar-refractivity contribution in [3.05, 3.63) is 46.8 Å². The molecule has 1 aliphatic heterocycles. The number of aromatic nitrogens is 1. The molecule has 8 heteroatoms. The predicted octanol–water partition coefficient (Wildman–Crippen LogP) is 5.74. The first-order valence-electron chi connectivity index (χ1n) is 9.10. The van der Waals surface area contributed by atoms with Gasteiger partial charge in [0, 0.05) is 28.9 Å². The number of alkyl halides is 3. The lowest BCUT2D eigenvalue weighted by atomic mass is 9.92. The lowest BCUT2D eigenvalue weighted by Gasteiger charge is -2.38. The molecular formula is C20H18ClF3N4. The number of benzene rings is 1. The van der Waals surface area contributed by atoms with Gasteiger partial charge in [-0.2, -0.15) is 18.4 Å². The second-order valence-corrected chi connectivity index (χ2v) is 7.60. The first-order chi connectivity index (χ1) is 13.3. The van der Waals surface area contributed by atoms with E-state index in [-0.39, 0.29) is 6.04 Å². The van der Waals surface area contributed by atoms with Crippen LogP contribution in [0.5, 0.6) is 0 Å². The Morgan fingerprint density at radius 1 is 1.32 bits per heavy atom. The molecule has 2 heterocycles. The van der Waals surface area contributed by atoms with Crippen molar-refractivity contribution in [1.29, 1.82) is 5.26 Å². The number of hydrogen-bond acceptors (Lipinski definition) is 3. The molecule has 0 N–H and O–H groups in total. The monoisotopic (exact) mass is 406 g/mol. The molecule has 0 saturated heterocycles. The van der Waals surface area contributed by atoms with Gasteiger partial charge in [-0.1, -0.05) is 11.6 Å². The van der Waals surface area contributed by atoms with E-state index < -0.39 is 18.4 Å². The third kappa shape index (κ3) is 2.96.